The van der Waals surface area contributed by atoms with E-state index in [-0.39, 0.29) is 30.4 Å². The molecule has 2 heterocycles. The van der Waals surface area contributed by atoms with Gasteiger partial charge in [0.25, 0.3) is 0 Å². The van der Waals surface area contributed by atoms with Crippen LogP contribution in [-0.4, -0.2) is 53.3 Å². The van der Waals surface area contributed by atoms with Crippen LogP contribution in [0, 0.1) is 0 Å². The third-order valence-electron chi connectivity index (χ3n) is 4.10. The molecule has 7 nitrogen and oxygen atoms in total. The van der Waals surface area contributed by atoms with Crippen LogP contribution in [-0.2, 0) is 0 Å². The van der Waals surface area contributed by atoms with Gasteiger partial charge >= 0.3 is 5.97 Å². The molecule has 1 unspecified atom stereocenters. The molecule has 1 aromatic heterocycles. The summed E-state index contributed by atoms with van der Waals surface area (Å²) in [6.07, 6.45) is 1.71. The molecule has 0 aliphatic carbocycles. The van der Waals surface area contributed by atoms with Crippen LogP contribution in [0.15, 0.2) is 30.5 Å². The number of halogens is 2. The number of nitrogens with one attached hydrogen (secondary N) is 1. The molecule has 1 atom stereocenters. The van der Waals surface area contributed by atoms with Crippen molar-refractivity contribution >= 4 is 36.7 Å². The fraction of sp³-hybridized carbons (Fsp3) is 0.389. The van der Waals surface area contributed by atoms with E-state index in [1.807, 2.05) is 13.0 Å². The van der Waals surface area contributed by atoms with Gasteiger partial charge in [-0.25, -0.2) is 14.8 Å². The van der Waals surface area contributed by atoms with Crippen molar-refractivity contribution in [3.63, 3.8) is 0 Å². The molecule has 1 saturated heterocycles. The molecule has 1 fully saturated rings. The van der Waals surface area contributed by atoms with Crippen LogP contribution in [0.4, 0.5) is 5.95 Å². The lowest BCUT2D eigenvalue weighted by Gasteiger charge is -2.31. The Morgan fingerprint density at radius 1 is 1.37 bits per heavy atom. The SMILES string of the molecule is CCOc1ccc(-c2ccnc(N3CCNC(C)C3)n2)cc1C(=O)O.Cl.Cl. The number of piperazine rings is 1. The van der Waals surface area contributed by atoms with Crippen LogP contribution in [0.1, 0.15) is 24.2 Å². The highest BCUT2D eigenvalue weighted by Gasteiger charge is 2.19. The lowest BCUT2D eigenvalue weighted by molar-refractivity contribution is 0.0692. The molecule has 0 bridgehead atoms. The zero-order chi connectivity index (χ0) is 17.8. The van der Waals surface area contributed by atoms with Gasteiger partial charge in [0.1, 0.15) is 11.3 Å². The highest BCUT2D eigenvalue weighted by atomic mass is 35.5. The topological polar surface area (TPSA) is 87.6 Å². The molecule has 0 saturated carbocycles. The Kier molecular flexibility index (Phi) is 8.75. The zero-order valence-corrected chi connectivity index (χ0v) is 16.8. The minimum absolute atomic E-state index is 0. The average Bonchev–Trinajstić information content (AvgIpc) is 2.62. The number of rotatable bonds is 5. The maximum atomic E-state index is 11.5. The smallest absolute Gasteiger partial charge is 0.339 e. The molecule has 3 rings (SSSR count). The Morgan fingerprint density at radius 3 is 2.81 bits per heavy atom. The molecule has 2 N–H and O–H groups in total. The number of carboxylic acid groups (broad SMARTS) is 1. The first-order chi connectivity index (χ1) is 12.1. The van der Waals surface area contributed by atoms with Crippen LogP contribution >= 0.6 is 24.8 Å². The standard InChI is InChI=1S/C18H22N4O3.2ClH/c1-3-25-16-5-4-13(10-14(16)17(23)24)15-6-7-20-18(21-15)22-9-8-19-12(2)11-22;;/h4-7,10,12,19H,3,8-9,11H2,1-2H3,(H,23,24);2*1H. The van der Waals surface area contributed by atoms with Gasteiger partial charge in [-0.05, 0) is 38.1 Å². The third-order valence-corrected chi connectivity index (χ3v) is 4.10. The zero-order valence-electron chi connectivity index (χ0n) is 15.2. The molecule has 1 aromatic carbocycles. The first-order valence-corrected chi connectivity index (χ1v) is 8.40. The summed E-state index contributed by atoms with van der Waals surface area (Å²) in [5.74, 6) is 0.0103. The van der Waals surface area contributed by atoms with Gasteiger partial charge in [-0.1, -0.05) is 0 Å². The van der Waals surface area contributed by atoms with E-state index < -0.39 is 5.97 Å². The second-order valence-electron chi connectivity index (χ2n) is 5.99. The van der Waals surface area contributed by atoms with E-state index >= 15 is 0 Å². The van der Waals surface area contributed by atoms with E-state index in [1.54, 1.807) is 24.4 Å². The molecule has 1 aliphatic rings. The Morgan fingerprint density at radius 2 is 2.15 bits per heavy atom. The van der Waals surface area contributed by atoms with Gasteiger partial charge in [-0.15, -0.1) is 24.8 Å². The molecule has 148 valence electrons. The van der Waals surface area contributed by atoms with E-state index in [9.17, 15) is 9.90 Å². The number of nitrogens with zero attached hydrogens (tertiary/aromatic N) is 3. The van der Waals surface area contributed by atoms with Gasteiger partial charge in [0.15, 0.2) is 0 Å². The molecule has 0 spiro atoms. The first kappa shape index (κ1) is 23.0. The summed E-state index contributed by atoms with van der Waals surface area (Å²) >= 11 is 0. The number of hydrogen-bond acceptors (Lipinski definition) is 6. The van der Waals surface area contributed by atoms with Crippen molar-refractivity contribution < 1.29 is 14.6 Å². The number of anilines is 1. The number of aromatic carboxylic acids is 1. The quantitative estimate of drug-likeness (QED) is 0.777. The Balaban J connectivity index is 0.00000182. The summed E-state index contributed by atoms with van der Waals surface area (Å²) < 4.78 is 5.39. The summed E-state index contributed by atoms with van der Waals surface area (Å²) in [4.78, 5) is 22.6. The molecular formula is C18H24Cl2N4O3. The largest absolute Gasteiger partial charge is 0.493 e. The average molecular weight is 415 g/mol. The van der Waals surface area contributed by atoms with Crippen LogP contribution in [0.5, 0.6) is 5.75 Å². The second kappa shape index (κ2) is 10.3. The fourth-order valence-corrected chi connectivity index (χ4v) is 2.91. The van der Waals surface area contributed by atoms with Gasteiger partial charge in [-0.3, -0.25) is 0 Å². The van der Waals surface area contributed by atoms with Crippen molar-refractivity contribution in [3.05, 3.63) is 36.0 Å². The monoisotopic (exact) mass is 414 g/mol. The third kappa shape index (κ3) is 5.45. The Bertz CT molecular complexity index is 776. The van der Waals surface area contributed by atoms with Gasteiger partial charge < -0.3 is 20.1 Å². The predicted molar refractivity (Wildman–Crippen MR) is 110 cm³/mol. The summed E-state index contributed by atoms with van der Waals surface area (Å²) in [6, 6.07) is 7.27. The molecule has 2 aromatic rings. The number of benzene rings is 1. The van der Waals surface area contributed by atoms with Crippen molar-refractivity contribution in [2.75, 3.05) is 31.1 Å². The molecule has 0 amide bonds. The number of ether oxygens (including phenoxy) is 1. The lowest BCUT2D eigenvalue weighted by atomic mass is 10.1. The highest BCUT2D eigenvalue weighted by molar-refractivity contribution is 5.92. The number of aromatic nitrogens is 2. The van der Waals surface area contributed by atoms with Crippen LogP contribution in [0.25, 0.3) is 11.3 Å². The van der Waals surface area contributed by atoms with E-state index in [0.717, 1.165) is 25.2 Å². The molecule has 1 aliphatic heterocycles. The Hall–Kier alpha value is -2.09. The number of carboxylic acids is 1. The Labute approximate surface area is 171 Å². The minimum atomic E-state index is -1.02. The first-order valence-electron chi connectivity index (χ1n) is 8.40. The molecule has 27 heavy (non-hydrogen) atoms. The van der Waals surface area contributed by atoms with Crippen LogP contribution in [0.2, 0.25) is 0 Å². The van der Waals surface area contributed by atoms with Crippen molar-refractivity contribution in [1.29, 1.82) is 0 Å². The number of hydrogen-bond donors (Lipinski definition) is 2. The summed E-state index contributed by atoms with van der Waals surface area (Å²) in [5.41, 5.74) is 1.56. The van der Waals surface area contributed by atoms with E-state index in [2.05, 4.69) is 27.1 Å². The second-order valence-corrected chi connectivity index (χ2v) is 5.99. The van der Waals surface area contributed by atoms with Gasteiger partial charge in [0.2, 0.25) is 5.95 Å². The highest BCUT2D eigenvalue weighted by Crippen LogP contribution is 2.27. The summed E-state index contributed by atoms with van der Waals surface area (Å²) in [6.45, 7) is 6.94. The van der Waals surface area contributed by atoms with E-state index in [1.165, 1.54) is 0 Å². The predicted octanol–water partition coefficient (Wildman–Crippen LogP) is 2.88. The van der Waals surface area contributed by atoms with E-state index in [0.29, 0.717) is 30.0 Å². The van der Waals surface area contributed by atoms with Crippen molar-refractivity contribution in [3.8, 4) is 17.0 Å². The van der Waals surface area contributed by atoms with Crippen molar-refractivity contribution in [2.24, 2.45) is 0 Å². The van der Waals surface area contributed by atoms with E-state index in [4.69, 9.17) is 4.74 Å². The maximum Gasteiger partial charge on any atom is 0.339 e. The summed E-state index contributed by atoms with van der Waals surface area (Å²) in [7, 11) is 0. The van der Waals surface area contributed by atoms with Gasteiger partial charge in [0, 0.05) is 37.4 Å². The van der Waals surface area contributed by atoms with Crippen LogP contribution < -0.4 is 15.0 Å². The maximum absolute atomic E-state index is 11.5. The minimum Gasteiger partial charge on any atom is -0.493 e. The number of carbonyl (C=O) groups is 1. The van der Waals surface area contributed by atoms with Crippen molar-refractivity contribution in [2.45, 2.75) is 19.9 Å². The molecular weight excluding hydrogens is 391 g/mol. The normalized spacial score (nSPS) is 16.1. The molecule has 0 radical (unpaired) electrons. The summed E-state index contributed by atoms with van der Waals surface area (Å²) in [5, 5.41) is 12.8. The van der Waals surface area contributed by atoms with Gasteiger partial charge in [-0.2, -0.15) is 0 Å². The fourth-order valence-electron chi connectivity index (χ4n) is 2.91. The van der Waals surface area contributed by atoms with Crippen LogP contribution in [0.3, 0.4) is 0 Å². The molecule has 9 heteroatoms. The van der Waals surface area contributed by atoms with Gasteiger partial charge in [0.05, 0.1) is 12.3 Å². The van der Waals surface area contributed by atoms with Crippen molar-refractivity contribution in [1.82, 2.24) is 15.3 Å². The lowest BCUT2D eigenvalue weighted by Crippen LogP contribution is -2.49.